The third-order valence-electron chi connectivity index (χ3n) is 4.09. The summed E-state index contributed by atoms with van der Waals surface area (Å²) in [4.78, 5) is 4.60. The summed E-state index contributed by atoms with van der Waals surface area (Å²) in [6, 6.07) is 10.9. The first-order valence-electron chi connectivity index (χ1n) is 7.55. The van der Waals surface area contributed by atoms with Gasteiger partial charge in [0.2, 0.25) is 0 Å². The summed E-state index contributed by atoms with van der Waals surface area (Å²) in [5, 5.41) is 4.85. The van der Waals surface area contributed by atoms with Crippen molar-refractivity contribution in [2.75, 3.05) is 19.8 Å². The number of nitrogens with zero attached hydrogens (tertiary/aromatic N) is 1. The Morgan fingerprint density at radius 1 is 1.35 bits per heavy atom. The Kier molecular flexibility index (Phi) is 4.28. The summed E-state index contributed by atoms with van der Waals surface area (Å²) in [6.07, 6.45) is 4.26. The number of pyridine rings is 1. The smallest absolute Gasteiger partial charge is 0.0749 e. The average molecular weight is 270 g/mol. The van der Waals surface area contributed by atoms with Gasteiger partial charge in [-0.15, -0.1) is 0 Å². The van der Waals surface area contributed by atoms with Crippen LogP contribution in [0.25, 0.3) is 10.9 Å². The Morgan fingerprint density at radius 3 is 3.05 bits per heavy atom. The molecule has 3 rings (SSSR count). The summed E-state index contributed by atoms with van der Waals surface area (Å²) in [6.45, 7) is 4.88. The van der Waals surface area contributed by atoms with Crippen molar-refractivity contribution in [3.63, 3.8) is 0 Å². The minimum absolute atomic E-state index is 0.332. The predicted molar refractivity (Wildman–Crippen MR) is 81.7 cm³/mol. The molecule has 0 spiro atoms. The molecule has 0 radical (unpaired) electrons. The molecule has 3 nitrogen and oxygen atoms in total. The zero-order chi connectivity index (χ0) is 13.8. The molecule has 3 heteroatoms. The Balaban J connectivity index is 2.00. The van der Waals surface area contributed by atoms with Gasteiger partial charge in [-0.2, -0.15) is 0 Å². The van der Waals surface area contributed by atoms with Gasteiger partial charge in [0.15, 0.2) is 0 Å². The van der Waals surface area contributed by atoms with Crippen LogP contribution in [0.15, 0.2) is 36.5 Å². The number of para-hydroxylation sites is 1. The second kappa shape index (κ2) is 6.33. The van der Waals surface area contributed by atoms with Gasteiger partial charge in [0.05, 0.1) is 12.1 Å². The van der Waals surface area contributed by atoms with Crippen LogP contribution in [-0.4, -0.2) is 24.7 Å². The van der Waals surface area contributed by atoms with Crippen LogP contribution >= 0.6 is 0 Å². The first-order valence-corrected chi connectivity index (χ1v) is 7.55. The largest absolute Gasteiger partial charge is 0.381 e. The highest BCUT2D eigenvalue weighted by atomic mass is 16.5. The van der Waals surface area contributed by atoms with Gasteiger partial charge in [0, 0.05) is 30.1 Å². The molecule has 1 aliphatic heterocycles. The molecule has 1 fully saturated rings. The van der Waals surface area contributed by atoms with Crippen molar-refractivity contribution in [1.29, 1.82) is 0 Å². The predicted octanol–water partition coefficient (Wildman–Crippen LogP) is 3.31. The van der Waals surface area contributed by atoms with Crippen LogP contribution in [-0.2, 0) is 4.74 Å². The molecular formula is C17H22N2O. The topological polar surface area (TPSA) is 34.2 Å². The molecule has 106 valence electrons. The maximum atomic E-state index is 5.68. The van der Waals surface area contributed by atoms with E-state index < -0.39 is 0 Å². The van der Waals surface area contributed by atoms with Crippen molar-refractivity contribution < 1.29 is 4.74 Å². The van der Waals surface area contributed by atoms with Crippen molar-refractivity contribution >= 4 is 10.9 Å². The Bertz CT molecular complexity index is 558. The lowest BCUT2D eigenvalue weighted by molar-refractivity contribution is 0.0394. The SMILES string of the molecule is CCNC(c1cccc2cccnc12)C1CCCOC1. The number of fused-ring (bicyclic) bond motifs is 1. The Hall–Kier alpha value is -1.45. The average Bonchev–Trinajstić information content (AvgIpc) is 2.53. The molecule has 0 aliphatic carbocycles. The first-order chi connectivity index (χ1) is 9.90. The zero-order valence-corrected chi connectivity index (χ0v) is 12.0. The molecule has 1 aromatic heterocycles. The van der Waals surface area contributed by atoms with Crippen LogP contribution in [0.3, 0.4) is 0 Å². The molecule has 20 heavy (non-hydrogen) atoms. The number of ether oxygens (including phenoxy) is 1. The van der Waals surface area contributed by atoms with Gasteiger partial charge in [0.1, 0.15) is 0 Å². The fourth-order valence-electron chi connectivity index (χ4n) is 3.16. The van der Waals surface area contributed by atoms with E-state index in [9.17, 15) is 0 Å². The van der Waals surface area contributed by atoms with E-state index in [0.29, 0.717) is 12.0 Å². The van der Waals surface area contributed by atoms with Gasteiger partial charge in [-0.25, -0.2) is 0 Å². The first kappa shape index (κ1) is 13.5. The quantitative estimate of drug-likeness (QED) is 0.925. The van der Waals surface area contributed by atoms with Gasteiger partial charge in [0.25, 0.3) is 0 Å². The van der Waals surface area contributed by atoms with Crippen LogP contribution < -0.4 is 5.32 Å². The highest BCUT2D eigenvalue weighted by Gasteiger charge is 2.26. The van der Waals surface area contributed by atoms with E-state index in [0.717, 1.165) is 31.7 Å². The fraction of sp³-hybridized carbons (Fsp3) is 0.471. The summed E-state index contributed by atoms with van der Waals surface area (Å²) >= 11 is 0. The van der Waals surface area contributed by atoms with Crippen LogP contribution in [0.4, 0.5) is 0 Å². The standard InChI is InChI=1S/C17H22N2O/c1-2-18-17(14-8-5-11-20-12-14)15-9-3-6-13-7-4-10-19-16(13)15/h3-4,6-7,9-10,14,17-18H,2,5,8,11-12H2,1H3. The molecule has 1 saturated heterocycles. The van der Waals surface area contributed by atoms with E-state index in [4.69, 9.17) is 4.74 Å². The van der Waals surface area contributed by atoms with Gasteiger partial charge in [-0.3, -0.25) is 4.98 Å². The Morgan fingerprint density at radius 2 is 2.25 bits per heavy atom. The zero-order valence-electron chi connectivity index (χ0n) is 12.0. The molecule has 0 amide bonds. The summed E-state index contributed by atoms with van der Waals surface area (Å²) in [5.41, 5.74) is 2.42. The van der Waals surface area contributed by atoms with Crippen molar-refractivity contribution in [3.8, 4) is 0 Å². The van der Waals surface area contributed by atoms with Crippen LogP contribution in [0.1, 0.15) is 31.4 Å². The fourth-order valence-corrected chi connectivity index (χ4v) is 3.16. The Labute approximate surface area is 120 Å². The van der Waals surface area contributed by atoms with Crippen LogP contribution in [0.2, 0.25) is 0 Å². The van der Waals surface area contributed by atoms with Gasteiger partial charge in [-0.1, -0.05) is 31.2 Å². The molecule has 1 aliphatic rings. The normalized spacial score (nSPS) is 20.9. The molecule has 1 aromatic carbocycles. The van der Waals surface area contributed by atoms with E-state index in [1.54, 1.807) is 0 Å². The number of benzene rings is 1. The molecule has 1 N–H and O–H groups in total. The molecular weight excluding hydrogens is 248 g/mol. The molecule has 0 bridgehead atoms. The molecule has 2 heterocycles. The van der Waals surface area contributed by atoms with Crippen molar-refractivity contribution in [1.82, 2.24) is 10.3 Å². The molecule has 2 unspecified atom stereocenters. The summed E-state index contributed by atoms with van der Waals surface area (Å²) in [7, 11) is 0. The van der Waals surface area contributed by atoms with E-state index in [1.807, 2.05) is 12.3 Å². The van der Waals surface area contributed by atoms with E-state index in [1.165, 1.54) is 17.4 Å². The molecule has 2 aromatic rings. The third kappa shape index (κ3) is 2.69. The highest BCUT2D eigenvalue weighted by Crippen LogP contribution is 2.32. The lowest BCUT2D eigenvalue weighted by Gasteiger charge is -2.31. The van der Waals surface area contributed by atoms with Gasteiger partial charge in [-0.05, 0) is 31.0 Å². The van der Waals surface area contributed by atoms with Crippen LogP contribution in [0, 0.1) is 5.92 Å². The maximum absolute atomic E-state index is 5.68. The second-order valence-electron chi connectivity index (χ2n) is 5.43. The number of hydrogen-bond acceptors (Lipinski definition) is 3. The van der Waals surface area contributed by atoms with Crippen molar-refractivity contribution in [2.45, 2.75) is 25.8 Å². The minimum atomic E-state index is 0.332. The number of nitrogens with one attached hydrogen (secondary N) is 1. The lowest BCUT2D eigenvalue weighted by Crippen LogP contribution is -2.33. The number of rotatable bonds is 4. The molecule has 2 atom stereocenters. The second-order valence-corrected chi connectivity index (χ2v) is 5.43. The van der Waals surface area contributed by atoms with Gasteiger partial charge < -0.3 is 10.1 Å². The van der Waals surface area contributed by atoms with Crippen molar-refractivity contribution in [2.24, 2.45) is 5.92 Å². The van der Waals surface area contributed by atoms with Crippen molar-refractivity contribution in [3.05, 3.63) is 42.1 Å². The monoisotopic (exact) mass is 270 g/mol. The van der Waals surface area contributed by atoms with E-state index in [2.05, 4.69) is 41.5 Å². The minimum Gasteiger partial charge on any atom is -0.381 e. The maximum Gasteiger partial charge on any atom is 0.0749 e. The van der Waals surface area contributed by atoms with E-state index >= 15 is 0 Å². The highest BCUT2D eigenvalue weighted by molar-refractivity contribution is 5.82. The lowest BCUT2D eigenvalue weighted by atomic mass is 9.87. The van der Waals surface area contributed by atoms with Gasteiger partial charge >= 0.3 is 0 Å². The van der Waals surface area contributed by atoms with E-state index in [-0.39, 0.29) is 0 Å². The third-order valence-corrected chi connectivity index (χ3v) is 4.09. The number of hydrogen-bond donors (Lipinski definition) is 1. The number of aromatic nitrogens is 1. The molecule has 0 saturated carbocycles. The summed E-state index contributed by atoms with van der Waals surface area (Å²) in [5.74, 6) is 0.538. The van der Waals surface area contributed by atoms with Crippen LogP contribution in [0.5, 0.6) is 0 Å². The summed E-state index contributed by atoms with van der Waals surface area (Å²) < 4.78 is 5.68.